The molecule has 0 saturated heterocycles. The van der Waals surface area contributed by atoms with Crippen LogP contribution in [-0.2, 0) is 14.8 Å². The van der Waals surface area contributed by atoms with Crippen LogP contribution in [0.4, 0.5) is 11.4 Å². The number of rotatable bonds is 7. The zero-order valence-corrected chi connectivity index (χ0v) is 15.6. The molecule has 0 heterocycles. The van der Waals surface area contributed by atoms with E-state index < -0.39 is 10.0 Å². The second kappa shape index (κ2) is 7.37. The van der Waals surface area contributed by atoms with E-state index in [4.69, 9.17) is 4.74 Å². The Balaban J connectivity index is 1.71. The van der Waals surface area contributed by atoms with Crippen LogP contribution in [0.25, 0.3) is 0 Å². The van der Waals surface area contributed by atoms with Gasteiger partial charge in [-0.2, -0.15) is 0 Å². The fourth-order valence-corrected chi connectivity index (χ4v) is 3.97. The number of para-hydroxylation sites is 2. The largest absolute Gasteiger partial charge is 0.484 e. The number of nitrogens with zero attached hydrogens (tertiary/aromatic N) is 1. The van der Waals surface area contributed by atoms with Gasteiger partial charge in [0.05, 0.1) is 17.6 Å². The van der Waals surface area contributed by atoms with Gasteiger partial charge in [-0.05, 0) is 44.0 Å². The van der Waals surface area contributed by atoms with Gasteiger partial charge in [-0.25, -0.2) is 8.42 Å². The average Bonchev–Trinajstić information content (AvgIpc) is 3.40. The van der Waals surface area contributed by atoms with Crippen LogP contribution >= 0.6 is 0 Å². The molecule has 2 aromatic rings. The van der Waals surface area contributed by atoms with E-state index in [1.165, 1.54) is 10.6 Å². The summed E-state index contributed by atoms with van der Waals surface area (Å²) in [7, 11) is -3.42. The Bertz CT molecular complexity index is 890. The lowest BCUT2D eigenvalue weighted by Gasteiger charge is -2.24. The number of aryl methyl sites for hydroxylation is 1. The highest BCUT2D eigenvalue weighted by Gasteiger charge is 2.36. The maximum absolute atomic E-state index is 12.3. The lowest BCUT2D eigenvalue weighted by Crippen LogP contribution is -2.33. The molecule has 3 rings (SSSR count). The fraction of sp³-hybridized carbons (Fsp3) is 0.316. The molecular formula is C19H22N2O4S. The average molecular weight is 374 g/mol. The Morgan fingerprint density at radius 1 is 1.15 bits per heavy atom. The molecule has 2 aromatic carbocycles. The molecule has 138 valence electrons. The van der Waals surface area contributed by atoms with Crippen LogP contribution in [-0.4, -0.2) is 33.2 Å². The van der Waals surface area contributed by atoms with Gasteiger partial charge in [0.15, 0.2) is 6.61 Å². The lowest BCUT2D eigenvalue weighted by molar-refractivity contribution is -0.118. The Morgan fingerprint density at radius 3 is 2.42 bits per heavy atom. The molecule has 1 aliphatic carbocycles. The Labute approximate surface area is 153 Å². The summed E-state index contributed by atoms with van der Waals surface area (Å²) >= 11 is 0. The van der Waals surface area contributed by atoms with Crippen LogP contribution in [0.5, 0.6) is 5.75 Å². The number of nitrogens with one attached hydrogen (secondary N) is 1. The van der Waals surface area contributed by atoms with Gasteiger partial charge >= 0.3 is 0 Å². The van der Waals surface area contributed by atoms with Crippen LogP contribution in [0.2, 0.25) is 0 Å². The third-order valence-corrected chi connectivity index (χ3v) is 5.25. The predicted molar refractivity (Wildman–Crippen MR) is 102 cm³/mol. The topological polar surface area (TPSA) is 75.7 Å². The van der Waals surface area contributed by atoms with Crippen LogP contribution in [0.15, 0.2) is 48.5 Å². The highest BCUT2D eigenvalue weighted by atomic mass is 32.2. The SMILES string of the molecule is Cc1ccc(OCC(=O)Nc2ccccc2N(C2CC2)S(C)(=O)=O)cc1. The molecule has 0 unspecified atom stereocenters. The van der Waals surface area contributed by atoms with E-state index in [1.54, 1.807) is 36.4 Å². The molecular weight excluding hydrogens is 352 g/mol. The molecule has 0 aromatic heterocycles. The minimum atomic E-state index is -3.42. The number of benzene rings is 2. The van der Waals surface area contributed by atoms with E-state index in [0.29, 0.717) is 17.1 Å². The number of amides is 1. The van der Waals surface area contributed by atoms with E-state index in [9.17, 15) is 13.2 Å². The first kappa shape index (κ1) is 18.3. The van der Waals surface area contributed by atoms with Gasteiger partial charge < -0.3 is 10.1 Å². The van der Waals surface area contributed by atoms with Crippen molar-refractivity contribution < 1.29 is 17.9 Å². The number of anilines is 2. The van der Waals surface area contributed by atoms with E-state index in [2.05, 4.69) is 5.32 Å². The number of hydrogen-bond donors (Lipinski definition) is 1. The van der Waals surface area contributed by atoms with E-state index in [0.717, 1.165) is 18.4 Å². The second-order valence-electron chi connectivity index (χ2n) is 6.46. The van der Waals surface area contributed by atoms with Crippen molar-refractivity contribution in [1.29, 1.82) is 0 Å². The van der Waals surface area contributed by atoms with Crippen molar-refractivity contribution in [2.24, 2.45) is 0 Å². The standard InChI is InChI=1S/C19H22N2O4S/c1-14-7-11-16(12-8-14)25-13-19(22)20-17-5-3-4-6-18(17)21(15-9-10-15)26(2,23)24/h3-8,11-12,15H,9-10,13H2,1-2H3,(H,20,22). The molecule has 0 spiro atoms. The maximum atomic E-state index is 12.3. The molecule has 26 heavy (non-hydrogen) atoms. The first-order valence-corrected chi connectivity index (χ1v) is 10.3. The normalized spacial score (nSPS) is 13.9. The van der Waals surface area contributed by atoms with Crippen molar-refractivity contribution in [2.75, 3.05) is 22.5 Å². The summed E-state index contributed by atoms with van der Waals surface area (Å²) in [6, 6.07) is 14.3. The van der Waals surface area contributed by atoms with Crippen molar-refractivity contribution in [2.45, 2.75) is 25.8 Å². The molecule has 7 heteroatoms. The molecule has 0 atom stereocenters. The van der Waals surface area contributed by atoms with Gasteiger partial charge in [0.2, 0.25) is 10.0 Å². The van der Waals surface area contributed by atoms with Crippen molar-refractivity contribution in [1.82, 2.24) is 0 Å². The molecule has 6 nitrogen and oxygen atoms in total. The van der Waals surface area contributed by atoms with Gasteiger partial charge in [0, 0.05) is 6.04 Å². The van der Waals surface area contributed by atoms with Gasteiger partial charge in [-0.1, -0.05) is 29.8 Å². The van der Waals surface area contributed by atoms with Crippen LogP contribution in [0.1, 0.15) is 18.4 Å². The summed E-state index contributed by atoms with van der Waals surface area (Å²) in [6.45, 7) is 1.82. The third kappa shape index (κ3) is 4.54. The van der Waals surface area contributed by atoms with E-state index in [-0.39, 0.29) is 18.6 Å². The van der Waals surface area contributed by atoms with Crippen molar-refractivity contribution in [3.8, 4) is 5.75 Å². The smallest absolute Gasteiger partial charge is 0.262 e. The molecule has 0 bridgehead atoms. The number of carbonyl (C=O) groups excluding carboxylic acids is 1. The Kier molecular flexibility index (Phi) is 5.18. The molecule has 1 fully saturated rings. The highest BCUT2D eigenvalue weighted by molar-refractivity contribution is 7.92. The zero-order valence-electron chi connectivity index (χ0n) is 14.8. The number of sulfonamides is 1. The maximum Gasteiger partial charge on any atom is 0.262 e. The minimum Gasteiger partial charge on any atom is -0.484 e. The second-order valence-corrected chi connectivity index (χ2v) is 8.32. The summed E-state index contributed by atoms with van der Waals surface area (Å²) in [4.78, 5) is 12.3. The summed E-state index contributed by atoms with van der Waals surface area (Å²) < 4.78 is 31.2. The molecule has 0 radical (unpaired) electrons. The van der Waals surface area contributed by atoms with Gasteiger partial charge in [0.1, 0.15) is 5.75 Å². The fourth-order valence-electron chi connectivity index (χ4n) is 2.70. The molecule has 0 aliphatic heterocycles. The predicted octanol–water partition coefficient (Wildman–Crippen LogP) is 2.94. The summed E-state index contributed by atoms with van der Waals surface area (Å²) in [5.74, 6) is 0.261. The monoisotopic (exact) mass is 374 g/mol. The van der Waals surface area contributed by atoms with Gasteiger partial charge in [0.25, 0.3) is 5.91 Å². The first-order valence-electron chi connectivity index (χ1n) is 8.42. The molecule has 1 aliphatic rings. The van der Waals surface area contributed by atoms with Crippen LogP contribution in [0.3, 0.4) is 0 Å². The number of hydrogen-bond acceptors (Lipinski definition) is 4. The Hall–Kier alpha value is -2.54. The lowest BCUT2D eigenvalue weighted by atomic mass is 10.2. The summed E-state index contributed by atoms with van der Waals surface area (Å²) in [5, 5.41) is 2.76. The van der Waals surface area contributed by atoms with Crippen LogP contribution < -0.4 is 14.4 Å². The zero-order chi connectivity index (χ0) is 18.7. The first-order chi connectivity index (χ1) is 12.3. The quantitative estimate of drug-likeness (QED) is 0.808. The highest BCUT2D eigenvalue weighted by Crippen LogP contribution is 2.37. The summed E-state index contributed by atoms with van der Waals surface area (Å²) in [6.07, 6.45) is 2.84. The number of ether oxygens (including phenoxy) is 1. The molecule has 1 N–H and O–H groups in total. The van der Waals surface area contributed by atoms with Gasteiger partial charge in [-0.3, -0.25) is 9.10 Å². The number of carbonyl (C=O) groups is 1. The van der Waals surface area contributed by atoms with Gasteiger partial charge in [-0.15, -0.1) is 0 Å². The molecule has 1 saturated carbocycles. The van der Waals surface area contributed by atoms with Crippen molar-refractivity contribution in [3.05, 3.63) is 54.1 Å². The third-order valence-electron chi connectivity index (χ3n) is 4.04. The Morgan fingerprint density at radius 2 is 1.81 bits per heavy atom. The van der Waals surface area contributed by atoms with Crippen LogP contribution in [0, 0.1) is 6.92 Å². The van der Waals surface area contributed by atoms with E-state index >= 15 is 0 Å². The van der Waals surface area contributed by atoms with Crippen molar-refractivity contribution in [3.63, 3.8) is 0 Å². The molecule has 1 amide bonds. The van der Waals surface area contributed by atoms with Crippen molar-refractivity contribution >= 4 is 27.3 Å². The van der Waals surface area contributed by atoms with E-state index in [1.807, 2.05) is 19.1 Å². The summed E-state index contributed by atoms with van der Waals surface area (Å²) in [5.41, 5.74) is 2.06. The minimum absolute atomic E-state index is 0.0353.